The van der Waals surface area contributed by atoms with Gasteiger partial charge in [0.25, 0.3) is 0 Å². The lowest BCUT2D eigenvalue weighted by Gasteiger charge is -2.13. The molecule has 0 fully saturated rings. The van der Waals surface area contributed by atoms with Crippen LogP contribution >= 0.6 is 0 Å². The van der Waals surface area contributed by atoms with Gasteiger partial charge in [-0.3, -0.25) is 0 Å². The first-order valence-corrected chi connectivity index (χ1v) is 5.70. The van der Waals surface area contributed by atoms with Gasteiger partial charge in [-0.25, -0.2) is 4.39 Å². The molecule has 17 heavy (non-hydrogen) atoms. The van der Waals surface area contributed by atoms with Crippen molar-refractivity contribution in [3.63, 3.8) is 0 Å². The Morgan fingerprint density at radius 3 is 2.47 bits per heavy atom. The monoisotopic (exact) mass is 229 g/mol. The predicted octanol–water partition coefficient (Wildman–Crippen LogP) is 3.82. The number of hydrogen-bond acceptors (Lipinski definition) is 1. The van der Waals surface area contributed by atoms with E-state index in [9.17, 15) is 4.39 Å². The zero-order chi connectivity index (χ0) is 12.4. The van der Waals surface area contributed by atoms with Gasteiger partial charge >= 0.3 is 0 Å². The Morgan fingerprint density at radius 1 is 1.12 bits per heavy atom. The van der Waals surface area contributed by atoms with Crippen LogP contribution in [0.1, 0.15) is 24.1 Å². The van der Waals surface area contributed by atoms with E-state index in [0.717, 1.165) is 22.3 Å². The highest BCUT2D eigenvalue weighted by molar-refractivity contribution is 5.68. The van der Waals surface area contributed by atoms with Crippen LogP contribution in [0.5, 0.6) is 0 Å². The van der Waals surface area contributed by atoms with Gasteiger partial charge in [0, 0.05) is 6.04 Å². The summed E-state index contributed by atoms with van der Waals surface area (Å²) in [5.41, 5.74) is 9.78. The van der Waals surface area contributed by atoms with E-state index in [-0.39, 0.29) is 11.9 Å². The van der Waals surface area contributed by atoms with E-state index in [4.69, 9.17) is 5.73 Å². The molecule has 2 N–H and O–H groups in total. The molecule has 0 saturated heterocycles. The quantitative estimate of drug-likeness (QED) is 0.832. The molecule has 0 radical (unpaired) electrons. The first-order chi connectivity index (χ1) is 8.08. The zero-order valence-electron chi connectivity index (χ0n) is 10.1. The van der Waals surface area contributed by atoms with Crippen LogP contribution in [-0.4, -0.2) is 0 Å². The summed E-state index contributed by atoms with van der Waals surface area (Å²) in [5, 5.41) is 0. The molecular formula is C15H16FN. The SMILES string of the molecule is Cc1cc(F)cc(-c2ccccc2C(C)N)c1. The molecule has 88 valence electrons. The molecule has 0 amide bonds. The van der Waals surface area contributed by atoms with E-state index in [1.54, 1.807) is 6.07 Å². The minimum absolute atomic E-state index is 0.0604. The van der Waals surface area contributed by atoms with Crippen LogP contribution in [0.2, 0.25) is 0 Å². The van der Waals surface area contributed by atoms with Crippen LogP contribution in [0.15, 0.2) is 42.5 Å². The molecule has 1 nitrogen and oxygen atoms in total. The molecule has 0 aliphatic rings. The van der Waals surface area contributed by atoms with Crippen molar-refractivity contribution in [1.82, 2.24) is 0 Å². The van der Waals surface area contributed by atoms with E-state index in [1.165, 1.54) is 6.07 Å². The van der Waals surface area contributed by atoms with Crippen molar-refractivity contribution >= 4 is 0 Å². The number of benzene rings is 2. The number of nitrogens with two attached hydrogens (primary N) is 1. The standard InChI is InChI=1S/C15H16FN/c1-10-7-12(9-13(16)8-10)15-6-4-3-5-14(15)11(2)17/h3-9,11H,17H2,1-2H3. The number of aryl methyl sites for hydroxylation is 1. The fourth-order valence-corrected chi connectivity index (χ4v) is 2.05. The molecule has 0 heterocycles. The summed E-state index contributed by atoms with van der Waals surface area (Å²) in [5.74, 6) is -0.209. The topological polar surface area (TPSA) is 26.0 Å². The molecule has 1 atom stereocenters. The fraction of sp³-hybridized carbons (Fsp3) is 0.200. The smallest absolute Gasteiger partial charge is 0.124 e. The van der Waals surface area contributed by atoms with Crippen LogP contribution in [-0.2, 0) is 0 Å². The Kier molecular flexibility index (Phi) is 3.25. The zero-order valence-corrected chi connectivity index (χ0v) is 10.1. The van der Waals surface area contributed by atoms with Crippen molar-refractivity contribution in [3.05, 3.63) is 59.4 Å². The highest BCUT2D eigenvalue weighted by Gasteiger charge is 2.09. The lowest BCUT2D eigenvalue weighted by Crippen LogP contribution is -2.06. The van der Waals surface area contributed by atoms with Crippen LogP contribution in [0.3, 0.4) is 0 Å². The van der Waals surface area contributed by atoms with E-state index in [1.807, 2.05) is 44.2 Å². The van der Waals surface area contributed by atoms with Crippen molar-refractivity contribution in [2.45, 2.75) is 19.9 Å². The maximum atomic E-state index is 13.4. The summed E-state index contributed by atoms with van der Waals surface area (Å²) in [6.45, 7) is 3.83. The van der Waals surface area contributed by atoms with Crippen LogP contribution < -0.4 is 5.73 Å². The number of hydrogen-bond donors (Lipinski definition) is 1. The average Bonchev–Trinajstić information content (AvgIpc) is 2.27. The molecule has 1 unspecified atom stereocenters. The molecule has 2 aromatic rings. The second-order valence-corrected chi connectivity index (χ2v) is 4.39. The first kappa shape index (κ1) is 11.8. The maximum Gasteiger partial charge on any atom is 0.124 e. The molecule has 0 bridgehead atoms. The van der Waals surface area contributed by atoms with Gasteiger partial charge in [0.1, 0.15) is 5.82 Å². The van der Waals surface area contributed by atoms with Crippen molar-refractivity contribution in [2.24, 2.45) is 5.73 Å². The summed E-state index contributed by atoms with van der Waals surface area (Å²) in [6, 6.07) is 12.9. The Labute approximate surface area is 101 Å². The summed E-state index contributed by atoms with van der Waals surface area (Å²) in [7, 11) is 0. The van der Waals surface area contributed by atoms with Gasteiger partial charge in [0.05, 0.1) is 0 Å². The molecule has 2 heteroatoms. The molecule has 2 aromatic carbocycles. The molecule has 0 aliphatic carbocycles. The molecule has 0 saturated carbocycles. The third kappa shape index (κ3) is 2.53. The molecule has 0 aromatic heterocycles. The average molecular weight is 229 g/mol. The van der Waals surface area contributed by atoms with Crippen LogP contribution in [0.25, 0.3) is 11.1 Å². The van der Waals surface area contributed by atoms with Crippen LogP contribution in [0.4, 0.5) is 4.39 Å². The third-order valence-electron chi connectivity index (χ3n) is 2.80. The minimum Gasteiger partial charge on any atom is -0.324 e. The first-order valence-electron chi connectivity index (χ1n) is 5.70. The van der Waals surface area contributed by atoms with Crippen molar-refractivity contribution in [1.29, 1.82) is 0 Å². The highest BCUT2D eigenvalue weighted by atomic mass is 19.1. The van der Waals surface area contributed by atoms with Gasteiger partial charge in [-0.1, -0.05) is 30.3 Å². The van der Waals surface area contributed by atoms with Gasteiger partial charge in [-0.2, -0.15) is 0 Å². The highest BCUT2D eigenvalue weighted by Crippen LogP contribution is 2.28. The summed E-state index contributed by atoms with van der Waals surface area (Å²) >= 11 is 0. The second-order valence-electron chi connectivity index (χ2n) is 4.39. The van der Waals surface area contributed by atoms with Gasteiger partial charge in [0.15, 0.2) is 0 Å². The Hall–Kier alpha value is -1.67. The summed E-state index contributed by atoms with van der Waals surface area (Å²) < 4.78 is 13.4. The molecule has 2 rings (SSSR count). The Morgan fingerprint density at radius 2 is 1.82 bits per heavy atom. The van der Waals surface area contributed by atoms with Gasteiger partial charge < -0.3 is 5.73 Å². The predicted molar refractivity (Wildman–Crippen MR) is 69.2 cm³/mol. The maximum absolute atomic E-state index is 13.4. The van der Waals surface area contributed by atoms with Gasteiger partial charge in [0.2, 0.25) is 0 Å². The van der Waals surface area contributed by atoms with E-state index < -0.39 is 0 Å². The Balaban J connectivity index is 2.60. The van der Waals surface area contributed by atoms with Crippen LogP contribution in [0, 0.1) is 12.7 Å². The largest absolute Gasteiger partial charge is 0.324 e. The van der Waals surface area contributed by atoms with Crippen molar-refractivity contribution in [3.8, 4) is 11.1 Å². The van der Waals surface area contributed by atoms with Gasteiger partial charge in [-0.15, -0.1) is 0 Å². The lowest BCUT2D eigenvalue weighted by atomic mass is 9.95. The number of halogens is 1. The molecule has 0 spiro atoms. The summed E-state index contributed by atoms with van der Waals surface area (Å²) in [6.07, 6.45) is 0. The molecule has 0 aliphatic heterocycles. The fourth-order valence-electron chi connectivity index (χ4n) is 2.05. The summed E-state index contributed by atoms with van der Waals surface area (Å²) in [4.78, 5) is 0. The normalized spacial score (nSPS) is 12.5. The lowest BCUT2D eigenvalue weighted by molar-refractivity contribution is 0.627. The van der Waals surface area contributed by atoms with E-state index >= 15 is 0 Å². The van der Waals surface area contributed by atoms with E-state index in [0.29, 0.717) is 0 Å². The second kappa shape index (κ2) is 4.68. The van der Waals surface area contributed by atoms with Crippen molar-refractivity contribution < 1.29 is 4.39 Å². The molecular weight excluding hydrogens is 213 g/mol. The van der Waals surface area contributed by atoms with Gasteiger partial charge in [-0.05, 0) is 48.2 Å². The third-order valence-corrected chi connectivity index (χ3v) is 2.80. The number of rotatable bonds is 2. The van der Waals surface area contributed by atoms with E-state index in [2.05, 4.69) is 0 Å². The van der Waals surface area contributed by atoms with Crippen molar-refractivity contribution in [2.75, 3.05) is 0 Å². The Bertz CT molecular complexity index is 512. The minimum atomic E-state index is -0.209.